The van der Waals surface area contributed by atoms with Gasteiger partial charge in [0.1, 0.15) is 0 Å². The van der Waals surface area contributed by atoms with Crippen molar-refractivity contribution in [2.45, 2.75) is 19.4 Å². The van der Waals surface area contributed by atoms with Crippen LogP contribution >= 0.6 is 11.6 Å². The molecule has 0 spiro atoms. The first-order valence-corrected chi connectivity index (χ1v) is 10.1. The average molecular weight is 411 g/mol. The number of piperidine rings is 1. The smallest absolute Gasteiger partial charge is 0.241 e. The van der Waals surface area contributed by atoms with E-state index in [0.29, 0.717) is 23.3 Å². The zero-order chi connectivity index (χ0) is 20.2. The van der Waals surface area contributed by atoms with E-state index in [1.807, 2.05) is 49.5 Å². The molecule has 1 amide bonds. The predicted molar refractivity (Wildman–Crippen MR) is 113 cm³/mol. The van der Waals surface area contributed by atoms with Crippen molar-refractivity contribution in [3.63, 3.8) is 0 Å². The van der Waals surface area contributed by atoms with Crippen molar-refractivity contribution >= 4 is 23.2 Å². The number of anilines is 1. The van der Waals surface area contributed by atoms with Gasteiger partial charge >= 0.3 is 0 Å². The van der Waals surface area contributed by atoms with E-state index >= 15 is 0 Å². The number of amides is 1. The molecule has 1 fully saturated rings. The van der Waals surface area contributed by atoms with Crippen molar-refractivity contribution in [1.82, 2.24) is 15.0 Å². The van der Waals surface area contributed by atoms with Crippen molar-refractivity contribution in [1.29, 1.82) is 0 Å². The van der Waals surface area contributed by atoms with Gasteiger partial charge < -0.3 is 9.42 Å². The average Bonchev–Trinajstić information content (AvgIpc) is 3.23. The van der Waals surface area contributed by atoms with Crippen LogP contribution in [0.4, 0.5) is 5.69 Å². The first-order chi connectivity index (χ1) is 14.1. The Bertz CT molecular complexity index is 950. The van der Waals surface area contributed by atoms with Crippen molar-refractivity contribution in [2.75, 3.05) is 25.0 Å². The summed E-state index contributed by atoms with van der Waals surface area (Å²) in [5.74, 6) is 1.37. The second-order valence-corrected chi connectivity index (χ2v) is 7.74. The lowest BCUT2D eigenvalue weighted by Crippen LogP contribution is -2.41. The van der Waals surface area contributed by atoms with Gasteiger partial charge in [-0.25, -0.2) is 0 Å². The molecule has 0 aliphatic carbocycles. The third-order valence-corrected chi connectivity index (χ3v) is 5.59. The Morgan fingerprint density at radius 2 is 1.83 bits per heavy atom. The molecule has 2 heterocycles. The quantitative estimate of drug-likeness (QED) is 0.628. The second-order valence-electron chi connectivity index (χ2n) is 7.30. The van der Waals surface area contributed by atoms with E-state index in [2.05, 4.69) is 15.0 Å². The van der Waals surface area contributed by atoms with Crippen LogP contribution in [0.2, 0.25) is 5.02 Å². The summed E-state index contributed by atoms with van der Waals surface area (Å²) in [6.45, 7) is 2.26. The van der Waals surface area contributed by atoms with Gasteiger partial charge in [0.2, 0.25) is 17.6 Å². The standard InChI is InChI=1S/C22H23ClN4O2/c1-26(19-5-3-2-4-6-19)22(28)17-11-13-27(14-12-17)15-20-24-21(25-29-20)16-7-9-18(23)10-8-16/h2-10,17H,11-15H2,1H3. The van der Waals surface area contributed by atoms with Gasteiger partial charge in [-0.2, -0.15) is 4.98 Å². The van der Waals surface area contributed by atoms with Crippen LogP contribution in [0.3, 0.4) is 0 Å². The molecule has 3 aromatic rings. The molecular formula is C22H23ClN4O2. The summed E-state index contributed by atoms with van der Waals surface area (Å²) < 4.78 is 5.41. The van der Waals surface area contributed by atoms with Gasteiger partial charge in [-0.15, -0.1) is 0 Å². The number of hydrogen-bond acceptors (Lipinski definition) is 5. The summed E-state index contributed by atoms with van der Waals surface area (Å²) in [5.41, 5.74) is 1.80. The second kappa shape index (κ2) is 8.76. The minimum Gasteiger partial charge on any atom is -0.338 e. The van der Waals surface area contributed by atoms with Crippen LogP contribution in [0, 0.1) is 5.92 Å². The van der Waals surface area contributed by atoms with E-state index in [4.69, 9.17) is 16.1 Å². The third-order valence-electron chi connectivity index (χ3n) is 5.34. The summed E-state index contributed by atoms with van der Waals surface area (Å²) in [6.07, 6.45) is 1.66. The number of likely N-dealkylation sites (tertiary alicyclic amines) is 1. The molecule has 6 nitrogen and oxygen atoms in total. The maximum atomic E-state index is 12.8. The monoisotopic (exact) mass is 410 g/mol. The van der Waals surface area contributed by atoms with E-state index in [1.54, 1.807) is 17.0 Å². The summed E-state index contributed by atoms with van der Waals surface area (Å²) in [5, 5.41) is 4.74. The number of aromatic nitrogens is 2. The van der Waals surface area contributed by atoms with Crippen molar-refractivity contribution in [3.8, 4) is 11.4 Å². The topological polar surface area (TPSA) is 62.5 Å². The molecule has 0 radical (unpaired) electrons. The fourth-order valence-corrected chi connectivity index (χ4v) is 3.74. The molecule has 0 atom stereocenters. The first kappa shape index (κ1) is 19.6. The largest absolute Gasteiger partial charge is 0.338 e. The minimum absolute atomic E-state index is 0.0452. The Balaban J connectivity index is 1.31. The molecule has 4 rings (SSSR count). The number of carbonyl (C=O) groups excluding carboxylic acids is 1. The van der Waals surface area contributed by atoms with Gasteiger partial charge in [-0.1, -0.05) is 35.0 Å². The van der Waals surface area contributed by atoms with E-state index in [9.17, 15) is 4.79 Å². The molecule has 0 saturated carbocycles. The highest BCUT2D eigenvalue weighted by molar-refractivity contribution is 6.30. The van der Waals surface area contributed by atoms with E-state index < -0.39 is 0 Å². The van der Waals surface area contributed by atoms with Crippen LogP contribution in [0.25, 0.3) is 11.4 Å². The fraction of sp³-hybridized carbons (Fsp3) is 0.318. The van der Waals surface area contributed by atoms with Crippen LogP contribution in [0.15, 0.2) is 59.1 Å². The SMILES string of the molecule is CN(C(=O)C1CCN(Cc2nc(-c3ccc(Cl)cc3)no2)CC1)c1ccccc1. The van der Waals surface area contributed by atoms with Crippen molar-refractivity contribution in [3.05, 3.63) is 65.5 Å². The Hall–Kier alpha value is -2.70. The number of para-hydroxylation sites is 1. The highest BCUT2D eigenvalue weighted by Gasteiger charge is 2.28. The van der Waals surface area contributed by atoms with Crippen molar-refractivity contribution in [2.24, 2.45) is 5.92 Å². The lowest BCUT2D eigenvalue weighted by atomic mass is 9.95. The molecule has 1 aliphatic heterocycles. The highest BCUT2D eigenvalue weighted by Crippen LogP contribution is 2.24. The van der Waals surface area contributed by atoms with E-state index in [-0.39, 0.29) is 11.8 Å². The van der Waals surface area contributed by atoms with Crippen molar-refractivity contribution < 1.29 is 9.32 Å². The summed E-state index contributed by atoms with van der Waals surface area (Å²) in [7, 11) is 1.85. The van der Waals surface area contributed by atoms with Gasteiger partial charge in [-0.05, 0) is 62.3 Å². The third kappa shape index (κ3) is 4.66. The van der Waals surface area contributed by atoms with E-state index in [0.717, 1.165) is 37.2 Å². The first-order valence-electron chi connectivity index (χ1n) is 9.73. The summed E-state index contributed by atoms with van der Waals surface area (Å²) in [6, 6.07) is 17.1. The molecule has 150 valence electrons. The summed E-state index contributed by atoms with van der Waals surface area (Å²) in [4.78, 5) is 21.3. The number of nitrogens with zero attached hydrogens (tertiary/aromatic N) is 4. The molecule has 1 aromatic heterocycles. The van der Waals surface area contributed by atoms with Gasteiger partial charge in [0.05, 0.1) is 6.54 Å². The number of rotatable bonds is 5. The van der Waals surface area contributed by atoms with Gasteiger partial charge in [-0.3, -0.25) is 9.69 Å². The van der Waals surface area contributed by atoms with Gasteiger partial charge in [0.15, 0.2) is 0 Å². The maximum absolute atomic E-state index is 12.8. The van der Waals surface area contributed by atoms with E-state index in [1.165, 1.54) is 0 Å². The lowest BCUT2D eigenvalue weighted by molar-refractivity contribution is -0.123. The Labute approximate surface area is 175 Å². The zero-order valence-electron chi connectivity index (χ0n) is 16.3. The highest BCUT2D eigenvalue weighted by atomic mass is 35.5. The molecule has 29 heavy (non-hydrogen) atoms. The number of carbonyl (C=O) groups is 1. The normalized spacial score (nSPS) is 15.4. The summed E-state index contributed by atoms with van der Waals surface area (Å²) >= 11 is 5.92. The molecule has 7 heteroatoms. The molecule has 1 aliphatic rings. The Morgan fingerprint density at radius 1 is 1.14 bits per heavy atom. The van der Waals surface area contributed by atoms with Gasteiger partial charge in [0, 0.05) is 29.2 Å². The maximum Gasteiger partial charge on any atom is 0.241 e. The molecular weight excluding hydrogens is 388 g/mol. The molecule has 0 unspecified atom stereocenters. The number of benzene rings is 2. The van der Waals surface area contributed by atoms with Crippen LogP contribution in [0.1, 0.15) is 18.7 Å². The van der Waals surface area contributed by atoms with Gasteiger partial charge in [0.25, 0.3) is 0 Å². The van der Waals surface area contributed by atoms with Crippen LogP contribution in [-0.2, 0) is 11.3 Å². The molecule has 2 aromatic carbocycles. The minimum atomic E-state index is 0.0452. The Kier molecular flexibility index (Phi) is 5.92. The predicted octanol–water partition coefficient (Wildman–Crippen LogP) is 4.27. The zero-order valence-corrected chi connectivity index (χ0v) is 17.0. The molecule has 0 N–H and O–H groups in total. The lowest BCUT2D eigenvalue weighted by Gasteiger charge is -2.32. The molecule has 1 saturated heterocycles. The fourth-order valence-electron chi connectivity index (χ4n) is 3.62. The molecule has 0 bridgehead atoms. The number of halogens is 1. The Morgan fingerprint density at radius 3 is 2.52 bits per heavy atom. The number of hydrogen-bond donors (Lipinski definition) is 0. The van der Waals surface area contributed by atoms with Crippen LogP contribution < -0.4 is 4.90 Å². The van der Waals surface area contributed by atoms with Crippen LogP contribution in [-0.4, -0.2) is 41.1 Å². The van der Waals surface area contributed by atoms with Crippen LogP contribution in [0.5, 0.6) is 0 Å².